The highest BCUT2D eigenvalue weighted by Crippen LogP contribution is 2.20. The number of nitrogens with one attached hydrogen (secondary N) is 1. The molecule has 1 aliphatic rings. The second kappa shape index (κ2) is 4.92. The molecule has 1 fully saturated rings. The molecule has 0 aromatic carbocycles. The molecule has 4 heteroatoms. The number of hydrogen-bond donors (Lipinski definition) is 2. The second-order valence-electron chi connectivity index (χ2n) is 4.85. The first-order valence-corrected chi connectivity index (χ1v) is 6.12. The predicted octanol–water partition coefficient (Wildman–Crippen LogP) is 1.93. The van der Waals surface area contributed by atoms with Crippen molar-refractivity contribution in [2.75, 3.05) is 0 Å². The highest BCUT2D eigenvalue weighted by molar-refractivity contribution is 5.93. The van der Waals surface area contributed by atoms with Gasteiger partial charge in [0, 0.05) is 11.6 Å². The highest BCUT2D eigenvalue weighted by Gasteiger charge is 2.23. The molecule has 0 radical (unpaired) electrons. The fourth-order valence-electron chi connectivity index (χ4n) is 2.34. The molecule has 1 aliphatic carbocycles. The number of hydrogen-bond acceptors (Lipinski definition) is 3. The van der Waals surface area contributed by atoms with Gasteiger partial charge in [-0.15, -0.1) is 0 Å². The standard InChI is InChI=1S/C13H19NO3/c1-8-7-9(2)17-12(8)13(16)14-10-3-5-11(15)6-4-10/h7,10-11,15H,3-6H2,1-2H3,(H,14,16). The molecule has 17 heavy (non-hydrogen) atoms. The van der Waals surface area contributed by atoms with Crippen LogP contribution in [0.25, 0.3) is 0 Å². The van der Waals surface area contributed by atoms with E-state index < -0.39 is 0 Å². The summed E-state index contributed by atoms with van der Waals surface area (Å²) >= 11 is 0. The first-order chi connectivity index (χ1) is 8.06. The van der Waals surface area contributed by atoms with Crippen LogP contribution >= 0.6 is 0 Å². The topological polar surface area (TPSA) is 62.5 Å². The Kier molecular flexibility index (Phi) is 3.52. The van der Waals surface area contributed by atoms with Gasteiger partial charge in [0.05, 0.1) is 6.10 Å². The summed E-state index contributed by atoms with van der Waals surface area (Å²) in [4.78, 5) is 12.0. The maximum atomic E-state index is 12.0. The van der Waals surface area contributed by atoms with E-state index in [4.69, 9.17) is 4.42 Å². The van der Waals surface area contributed by atoms with E-state index in [1.165, 1.54) is 0 Å². The van der Waals surface area contributed by atoms with Gasteiger partial charge in [0.25, 0.3) is 5.91 Å². The molecule has 2 N–H and O–H groups in total. The van der Waals surface area contributed by atoms with Crippen molar-refractivity contribution in [1.82, 2.24) is 5.32 Å². The van der Waals surface area contributed by atoms with Crippen molar-refractivity contribution in [1.29, 1.82) is 0 Å². The van der Waals surface area contributed by atoms with Crippen LogP contribution in [0, 0.1) is 13.8 Å². The van der Waals surface area contributed by atoms with Gasteiger partial charge in [0.15, 0.2) is 5.76 Å². The Morgan fingerprint density at radius 1 is 1.35 bits per heavy atom. The first kappa shape index (κ1) is 12.2. The summed E-state index contributed by atoms with van der Waals surface area (Å²) in [7, 11) is 0. The Morgan fingerprint density at radius 2 is 2.00 bits per heavy atom. The van der Waals surface area contributed by atoms with Crippen LogP contribution in [-0.4, -0.2) is 23.2 Å². The average Bonchev–Trinajstić information content (AvgIpc) is 2.61. The molecule has 0 bridgehead atoms. The molecule has 0 spiro atoms. The smallest absolute Gasteiger partial charge is 0.287 e. The highest BCUT2D eigenvalue weighted by atomic mass is 16.3. The molecule has 0 aliphatic heterocycles. The van der Waals surface area contributed by atoms with Gasteiger partial charge in [-0.3, -0.25) is 4.79 Å². The van der Waals surface area contributed by atoms with Crippen LogP contribution in [0.5, 0.6) is 0 Å². The first-order valence-electron chi connectivity index (χ1n) is 6.12. The van der Waals surface area contributed by atoms with Crippen molar-refractivity contribution in [2.45, 2.75) is 51.7 Å². The molecule has 1 saturated carbocycles. The minimum Gasteiger partial charge on any atom is -0.456 e. The lowest BCUT2D eigenvalue weighted by molar-refractivity contribution is 0.0841. The lowest BCUT2D eigenvalue weighted by Crippen LogP contribution is -2.38. The molecule has 0 saturated heterocycles. The third-order valence-corrected chi connectivity index (χ3v) is 3.28. The van der Waals surface area contributed by atoms with E-state index in [-0.39, 0.29) is 18.1 Å². The Bertz CT molecular complexity index is 403. The van der Waals surface area contributed by atoms with Crippen LogP contribution in [0.3, 0.4) is 0 Å². The van der Waals surface area contributed by atoms with Gasteiger partial charge in [0.2, 0.25) is 0 Å². The van der Waals surface area contributed by atoms with E-state index in [2.05, 4.69) is 5.32 Å². The number of aliphatic hydroxyl groups is 1. The molecule has 1 amide bonds. The number of furan rings is 1. The van der Waals surface area contributed by atoms with Crippen LogP contribution in [0.1, 0.15) is 47.6 Å². The maximum Gasteiger partial charge on any atom is 0.287 e. The SMILES string of the molecule is Cc1cc(C)c(C(=O)NC2CCC(O)CC2)o1. The lowest BCUT2D eigenvalue weighted by atomic mass is 9.93. The minimum absolute atomic E-state index is 0.142. The fraction of sp³-hybridized carbons (Fsp3) is 0.615. The van der Waals surface area contributed by atoms with Gasteiger partial charge < -0.3 is 14.8 Å². The lowest BCUT2D eigenvalue weighted by Gasteiger charge is -2.25. The van der Waals surface area contributed by atoms with E-state index in [0.717, 1.165) is 37.0 Å². The van der Waals surface area contributed by atoms with Crippen molar-refractivity contribution in [3.05, 3.63) is 23.2 Å². The monoisotopic (exact) mass is 237 g/mol. The normalized spacial score (nSPS) is 24.6. The summed E-state index contributed by atoms with van der Waals surface area (Å²) in [6.45, 7) is 3.71. The number of rotatable bonds is 2. The molecule has 1 aromatic rings. The van der Waals surface area contributed by atoms with Crippen molar-refractivity contribution >= 4 is 5.91 Å². The number of aliphatic hydroxyl groups excluding tert-OH is 1. The zero-order valence-electron chi connectivity index (χ0n) is 10.3. The third kappa shape index (κ3) is 2.88. The van der Waals surface area contributed by atoms with Gasteiger partial charge in [-0.25, -0.2) is 0 Å². The largest absolute Gasteiger partial charge is 0.456 e. The molecule has 0 unspecified atom stereocenters. The number of aryl methyl sites for hydroxylation is 2. The predicted molar refractivity (Wildman–Crippen MR) is 63.9 cm³/mol. The number of carbonyl (C=O) groups excluding carboxylic acids is 1. The minimum atomic E-state index is -0.198. The van der Waals surface area contributed by atoms with Crippen molar-refractivity contribution in [3.8, 4) is 0 Å². The average molecular weight is 237 g/mol. The molecule has 4 nitrogen and oxygen atoms in total. The zero-order valence-corrected chi connectivity index (χ0v) is 10.3. The number of carbonyl (C=O) groups is 1. The van der Waals surface area contributed by atoms with Gasteiger partial charge in [-0.2, -0.15) is 0 Å². The van der Waals surface area contributed by atoms with Gasteiger partial charge in [-0.05, 0) is 45.6 Å². The van der Waals surface area contributed by atoms with Crippen LogP contribution in [0.2, 0.25) is 0 Å². The Morgan fingerprint density at radius 3 is 2.53 bits per heavy atom. The summed E-state index contributed by atoms with van der Waals surface area (Å²) in [6.07, 6.45) is 3.01. The van der Waals surface area contributed by atoms with E-state index in [1.54, 1.807) is 0 Å². The van der Waals surface area contributed by atoms with Crippen LogP contribution < -0.4 is 5.32 Å². The molecule has 94 valence electrons. The molecular weight excluding hydrogens is 218 g/mol. The van der Waals surface area contributed by atoms with Crippen LogP contribution in [0.15, 0.2) is 10.5 Å². The Labute approximate surface area is 101 Å². The van der Waals surface area contributed by atoms with Crippen molar-refractivity contribution in [2.24, 2.45) is 0 Å². The van der Waals surface area contributed by atoms with E-state index in [9.17, 15) is 9.90 Å². The molecule has 2 rings (SSSR count). The van der Waals surface area contributed by atoms with E-state index in [0.29, 0.717) is 5.76 Å². The summed E-state index contributed by atoms with van der Waals surface area (Å²) in [6, 6.07) is 2.02. The molecular formula is C13H19NO3. The molecule has 1 aromatic heterocycles. The zero-order chi connectivity index (χ0) is 12.4. The molecule has 0 atom stereocenters. The Hall–Kier alpha value is -1.29. The number of amides is 1. The summed E-state index contributed by atoms with van der Waals surface area (Å²) in [5, 5.41) is 12.4. The van der Waals surface area contributed by atoms with Crippen molar-refractivity contribution < 1.29 is 14.3 Å². The van der Waals surface area contributed by atoms with E-state index >= 15 is 0 Å². The quantitative estimate of drug-likeness (QED) is 0.826. The maximum absolute atomic E-state index is 12.0. The van der Waals surface area contributed by atoms with Crippen LogP contribution in [0.4, 0.5) is 0 Å². The second-order valence-corrected chi connectivity index (χ2v) is 4.85. The fourth-order valence-corrected chi connectivity index (χ4v) is 2.34. The van der Waals surface area contributed by atoms with Crippen LogP contribution in [-0.2, 0) is 0 Å². The third-order valence-electron chi connectivity index (χ3n) is 3.28. The van der Waals surface area contributed by atoms with Crippen molar-refractivity contribution in [3.63, 3.8) is 0 Å². The van der Waals surface area contributed by atoms with Gasteiger partial charge in [0.1, 0.15) is 5.76 Å². The van der Waals surface area contributed by atoms with E-state index in [1.807, 2.05) is 19.9 Å². The Balaban J connectivity index is 1.95. The summed E-state index contributed by atoms with van der Waals surface area (Å²) in [5.41, 5.74) is 0.871. The van der Waals surface area contributed by atoms with Gasteiger partial charge in [-0.1, -0.05) is 0 Å². The summed E-state index contributed by atoms with van der Waals surface area (Å²) in [5.74, 6) is 1.03. The molecule has 1 heterocycles. The van der Waals surface area contributed by atoms with Gasteiger partial charge >= 0.3 is 0 Å². The summed E-state index contributed by atoms with van der Waals surface area (Å²) < 4.78 is 5.38.